The summed E-state index contributed by atoms with van der Waals surface area (Å²) in [6, 6.07) is 2.04. The second-order valence-corrected chi connectivity index (χ2v) is 3.23. The number of nitriles is 1. The predicted molar refractivity (Wildman–Crippen MR) is 42.3 cm³/mol. The van der Waals surface area contributed by atoms with Gasteiger partial charge in [-0.1, -0.05) is 0 Å². The summed E-state index contributed by atoms with van der Waals surface area (Å²) in [6.07, 6.45) is 0.587. The number of hydrogen-bond acceptors (Lipinski definition) is 3. The number of aliphatic carboxylic acids is 1. The Morgan fingerprint density at radius 1 is 1.75 bits per heavy atom. The van der Waals surface area contributed by atoms with Crippen LogP contribution in [0.4, 0.5) is 0 Å². The summed E-state index contributed by atoms with van der Waals surface area (Å²) in [5, 5.41) is 17.4. The van der Waals surface area contributed by atoms with E-state index in [1.165, 1.54) is 0 Å². The highest BCUT2D eigenvalue weighted by molar-refractivity contribution is 5.71. The summed E-state index contributed by atoms with van der Waals surface area (Å²) in [5.41, 5.74) is 0. The zero-order valence-electron chi connectivity index (χ0n) is 7.03. The van der Waals surface area contributed by atoms with E-state index in [4.69, 9.17) is 10.4 Å². The van der Waals surface area contributed by atoms with Crippen LogP contribution in [0.5, 0.6) is 0 Å². The van der Waals surface area contributed by atoms with Gasteiger partial charge in [-0.2, -0.15) is 5.26 Å². The van der Waals surface area contributed by atoms with Gasteiger partial charge in [0, 0.05) is 6.54 Å². The lowest BCUT2D eigenvalue weighted by Crippen LogP contribution is -2.40. The van der Waals surface area contributed by atoms with Gasteiger partial charge in [0.25, 0.3) is 0 Å². The smallest absolute Gasteiger partial charge is 0.307 e. The van der Waals surface area contributed by atoms with E-state index in [2.05, 4.69) is 0 Å². The highest BCUT2D eigenvalue weighted by atomic mass is 16.4. The topological polar surface area (TPSA) is 64.3 Å². The SMILES string of the molecule is CN1CC[C@@H](C(=O)O)[C@@H](C#N)C1. The number of rotatable bonds is 1. The largest absolute Gasteiger partial charge is 0.481 e. The lowest BCUT2D eigenvalue weighted by Gasteiger charge is -2.30. The Hall–Kier alpha value is -1.08. The molecule has 0 aromatic carbocycles. The van der Waals surface area contributed by atoms with E-state index in [1.54, 1.807) is 0 Å². The van der Waals surface area contributed by atoms with Crippen molar-refractivity contribution in [1.82, 2.24) is 4.90 Å². The van der Waals surface area contributed by atoms with Gasteiger partial charge in [-0.3, -0.25) is 4.79 Å². The standard InChI is InChI=1S/C8H12N2O2/c1-10-3-2-7(8(11)12)6(4-9)5-10/h6-7H,2-3,5H2,1H3,(H,11,12)/t6-,7+/m0/s1. The van der Waals surface area contributed by atoms with Crippen LogP contribution in [-0.2, 0) is 4.79 Å². The minimum atomic E-state index is -0.838. The molecule has 0 aliphatic carbocycles. The average Bonchev–Trinajstić information content (AvgIpc) is 2.03. The molecule has 1 fully saturated rings. The van der Waals surface area contributed by atoms with Gasteiger partial charge in [0.1, 0.15) is 0 Å². The van der Waals surface area contributed by atoms with Crippen LogP contribution in [0.15, 0.2) is 0 Å². The molecule has 1 saturated heterocycles. The van der Waals surface area contributed by atoms with Crippen LogP contribution in [0.1, 0.15) is 6.42 Å². The summed E-state index contributed by atoms with van der Waals surface area (Å²) >= 11 is 0. The molecule has 4 nitrogen and oxygen atoms in total. The molecule has 1 rings (SSSR count). The second kappa shape index (κ2) is 3.55. The normalized spacial score (nSPS) is 31.0. The van der Waals surface area contributed by atoms with Crippen LogP contribution < -0.4 is 0 Å². The van der Waals surface area contributed by atoms with Crippen molar-refractivity contribution in [2.24, 2.45) is 11.8 Å². The molecule has 0 saturated carbocycles. The Kier molecular flexibility index (Phi) is 2.66. The van der Waals surface area contributed by atoms with Gasteiger partial charge in [0.2, 0.25) is 0 Å². The van der Waals surface area contributed by atoms with Crippen LogP contribution in [0.2, 0.25) is 0 Å². The molecule has 1 N–H and O–H groups in total. The van der Waals surface area contributed by atoms with E-state index in [0.717, 1.165) is 6.54 Å². The van der Waals surface area contributed by atoms with E-state index < -0.39 is 11.9 Å². The number of carboxylic acid groups (broad SMARTS) is 1. The van der Waals surface area contributed by atoms with E-state index in [1.807, 2.05) is 18.0 Å². The minimum absolute atomic E-state index is 0.346. The Morgan fingerprint density at radius 3 is 2.92 bits per heavy atom. The Balaban J connectivity index is 2.64. The molecular formula is C8H12N2O2. The summed E-state index contributed by atoms with van der Waals surface area (Å²) < 4.78 is 0. The number of carbonyl (C=O) groups is 1. The zero-order chi connectivity index (χ0) is 9.14. The molecule has 66 valence electrons. The lowest BCUT2D eigenvalue weighted by atomic mass is 9.87. The maximum absolute atomic E-state index is 10.7. The first kappa shape index (κ1) is 9.01. The molecule has 0 spiro atoms. The number of nitrogens with zero attached hydrogens (tertiary/aromatic N) is 2. The molecule has 0 radical (unpaired) electrons. The van der Waals surface area contributed by atoms with Crippen molar-refractivity contribution < 1.29 is 9.90 Å². The third-order valence-corrected chi connectivity index (χ3v) is 2.30. The first-order valence-electron chi connectivity index (χ1n) is 3.96. The van der Waals surface area contributed by atoms with Gasteiger partial charge in [0.15, 0.2) is 0 Å². The van der Waals surface area contributed by atoms with Gasteiger partial charge in [-0.05, 0) is 20.0 Å². The predicted octanol–water partition coefficient (Wildman–Crippen LogP) is 0.162. The van der Waals surface area contributed by atoms with E-state index in [9.17, 15) is 4.79 Å². The van der Waals surface area contributed by atoms with Gasteiger partial charge < -0.3 is 10.0 Å². The Morgan fingerprint density at radius 2 is 2.42 bits per heavy atom. The molecule has 1 aliphatic rings. The molecule has 0 amide bonds. The van der Waals surface area contributed by atoms with Crippen LogP contribution in [0.3, 0.4) is 0 Å². The number of hydrogen-bond donors (Lipinski definition) is 1. The van der Waals surface area contributed by atoms with Crippen molar-refractivity contribution in [3.05, 3.63) is 0 Å². The first-order valence-corrected chi connectivity index (χ1v) is 3.96. The van der Waals surface area contributed by atoms with Crippen LogP contribution in [0.25, 0.3) is 0 Å². The molecule has 0 aromatic heterocycles. The van der Waals surface area contributed by atoms with Crippen LogP contribution in [-0.4, -0.2) is 36.1 Å². The molecule has 12 heavy (non-hydrogen) atoms. The molecule has 0 aromatic rings. The van der Waals surface area contributed by atoms with Crippen LogP contribution >= 0.6 is 0 Å². The first-order chi connectivity index (χ1) is 5.65. The number of likely N-dealkylation sites (tertiary alicyclic amines) is 1. The maximum Gasteiger partial charge on any atom is 0.307 e. The fraction of sp³-hybridized carbons (Fsp3) is 0.750. The van der Waals surface area contributed by atoms with Crippen molar-refractivity contribution in [2.45, 2.75) is 6.42 Å². The second-order valence-electron chi connectivity index (χ2n) is 3.23. The molecule has 1 aliphatic heterocycles. The summed E-state index contributed by atoms with van der Waals surface area (Å²) in [6.45, 7) is 1.35. The minimum Gasteiger partial charge on any atom is -0.481 e. The quantitative estimate of drug-likeness (QED) is 0.605. The fourth-order valence-corrected chi connectivity index (χ4v) is 1.54. The zero-order valence-corrected chi connectivity index (χ0v) is 7.03. The Bertz CT molecular complexity index is 222. The fourth-order valence-electron chi connectivity index (χ4n) is 1.54. The van der Waals surface area contributed by atoms with E-state index in [0.29, 0.717) is 13.0 Å². The third-order valence-electron chi connectivity index (χ3n) is 2.30. The third kappa shape index (κ3) is 1.74. The van der Waals surface area contributed by atoms with Gasteiger partial charge in [-0.15, -0.1) is 0 Å². The highest BCUT2D eigenvalue weighted by Crippen LogP contribution is 2.22. The number of piperidine rings is 1. The van der Waals surface area contributed by atoms with Crippen molar-refractivity contribution in [1.29, 1.82) is 5.26 Å². The molecule has 0 unspecified atom stereocenters. The van der Waals surface area contributed by atoms with Crippen molar-refractivity contribution >= 4 is 5.97 Å². The van der Waals surface area contributed by atoms with Crippen LogP contribution in [0, 0.1) is 23.2 Å². The highest BCUT2D eigenvalue weighted by Gasteiger charge is 2.32. The molecule has 0 bridgehead atoms. The monoisotopic (exact) mass is 168 g/mol. The lowest BCUT2D eigenvalue weighted by molar-refractivity contribution is -0.144. The molecule has 2 atom stereocenters. The maximum atomic E-state index is 10.7. The van der Waals surface area contributed by atoms with Crippen molar-refractivity contribution in [2.75, 3.05) is 20.1 Å². The summed E-state index contributed by atoms with van der Waals surface area (Å²) in [7, 11) is 1.91. The van der Waals surface area contributed by atoms with E-state index >= 15 is 0 Å². The molecule has 4 heteroatoms. The Labute approximate surface area is 71.4 Å². The van der Waals surface area contributed by atoms with Crippen molar-refractivity contribution in [3.8, 4) is 6.07 Å². The van der Waals surface area contributed by atoms with E-state index in [-0.39, 0.29) is 5.92 Å². The van der Waals surface area contributed by atoms with Gasteiger partial charge >= 0.3 is 5.97 Å². The molecule has 1 heterocycles. The number of carboxylic acids is 1. The molecular weight excluding hydrogens is 156 g/mol. The average molecular weight is 168 g/mol. The van der Waals surface area contributed by atoms with Gasteiger partial charge in [-0.25, -0.2) is 0 Å². The van der Waals surface area contributed by atoms with Crippen molar-refractivity contribution in [3.63, 3.8) is 0 Å². The summed E-state index contributed by atoms with van der Waals surface area (Å²) in [5.74, 6) is -1.65. The summed E-state index contributed by atoms with van der Waals surface area (Å²) in [4.78, 5) is 12.7. The van der Waals surface area contributed by atoms with Gasteiger partial charge in [0.05, 0.1) is 17.9 Å².